The van der Waals surface area contributed by atoms with E-state index >= 15 is 0 Å². The van der Waals surface area contributed by atoms with Crippen LogP contribution in [-0.2, 0) is 0 Å². The van der Waals surface area contributed by atoms with Gasteiger partial charge in [-0.1, -0.05) is 13.3 Å². The number of hydrogen-bond acceptors (Lipinski definition) is 5. The second-order valence-electron chi connectivity index (χ2n) is 4.97. The third-order valence-corrected chi connectivity index (χ3v) is 4.39. The molecule has 2 amide bonds. The van der Waals surface area contributed by atoms with Crippen LogP contribution >= 0.6 is 11.3 Å². The smallest absolute Gasteiger partial charge is 0.292 e. The minimum atomic E-state index is -0.384. The summed E-state index contributed by atoms with van der Waals surface area (Å²) < 4.78 is 5.77. The summed E-state index contributed by atoms with van der Waals surface area (Å²) in [6, 6.07) is 4.94. The Labute approximate surface area is 136 Å². The normalized spacial score (nSPS) is 10.8. The quantitative estimate of drug-likeness (QED) is 0.604. The molecule has 3 aromatic rings. The van der Waals surface area contributed by atoms with Gasteiger partial charge in [0.2, 0.25) is 0 Å². The average molecular weight is 332 g/mol. The highest BCUT2D eigenvalue weighted by Crippen LogP contribution is 2.30. The van der Waals surface area contributed by atoms with Crippen LogP contribution < -0.4 is 10.6 Å². The van der Waals surface area contributed by atoms with Gasteiger partial charge in [0.05, 0.1) is 21.4 Å². The van der Waals surface area contributed by atoms with Gasteiger partial charge in [-0.25, -0.2) is 0 Å². The van der Waals surface area contributed by atoms with Crippen molar-refractivity contribution in [2.45, 2.75) is 19.8 Å². The Kier molecular flexibility index (Phi) is 4.42. The molecule has 3 heterocycles. The zero-order valence-corrected chi connectivity index (χ0v) is 13.3. The van der Waals surface area contributed by atoms with E-state index in [1.807, 2.05) is 0 Å². The van der Waals surface area contributed by atoms with E-state index in [4.69, 9.17) is 4.42 Å². The maximum absolute atomic E-state index is 12.1. The number of aromatic nitrogens is 2. The van der Waals surface area contributed by atoms with Gasteiger partial charge in [-0.15, -0.1) is 11.3 Å². The fourth-order valence-electron chi connectivity index (χ4n) is 2.06. The zero-order valence-electron chi connectivity index (χ0n) is 12.5. The number of carbonyl (C=O) groups is 2. The van der Waals surface area contributed by atoms with Crippen molar-refractivity contribution in [1.82, 2.24) is 15.5 Å². The number of hydrogen-bond donors (Lipinski definition) is 3. The van der Waals surface area contributed by atoms with Crippen molar-refractivity contribution >= 4 is 39.2 Å². The highest BCUT2D eigenvalue weighted by atomic mass is 32.1. The molecule has 120 valence electrons. The predicted octanol–water partition coefficient (Wildman–Crippen LogP) is 3.00. The summed E-state index contributed by atoms with van der Waals surface area (Å²) in [5.74, 6) is 0.0938. The number of amides is 2. The number of carbonyl (C=O) groups excluding carboxylic acids is 2. The van der Waals surface area contributed by atoms with E-state index < -0.39 is 0 Å². The summed E-state index contributed by atoms with van der Waals surface area (Å²) in [5.41, 5.74) is 0.713. The van der Waals surface area contributed by atoms with Gasteiger partial charge in [0.25, 0.3) is 11.8 Å². The number of furan rings is 1. The van der Waals surface area contributed by atoms with Gasteiger partial charge < -0.3 is 15.1 Å². The summed E-state index contributed by atoms with van der Waals surface area (Å²) in [7, 11) is 0. The van der Waals surface area contributed by atoms with Crippen LogP contribution in [0.15, 0.2) is 28.9 Å². The van der Waals surface area contributed by atoms with Crippen molar-refractivity contribution < 1.29 is 14.0 Å². The Morgan fingerprint density at radius 3 is 3.00 bits per heavy atom. The first-order valence-electron chi connectivity index (χ1n) is 7.30. The fourth-order valence-corrected chi connectivity index (χ4v) is 3.03. The van der Waals surface area contributed by atoms with E-state index in [9.17, 15) is 9.59 Å². The fraction of sp³-hybridized carbons (Fsp3) is 0.267. The second kappa shape index (κ2) is 6.66. The predicted molar refractivity (Wildman–Crippen MR) is 87.9 cm³/mol. The topological polar surface area (TPSA) is 100 Å². The van der Waals surface area contributed by atoms with E-state index in [2.05, 4.69) is 27.8 Å². The van der Waals surface area contributed by atoms with Gasteiger partial charge in [-0.2, -0.15) is 5.10 Å². The zero-order chi connectivity index (χ0) is 16.2. The van der Waals surface area contributed by atoms with E-state index in [0.717, 1.165) is 17.5 Å². The molecule has 0 atom stereocenters. The number of nitrogens with one attached hydrogen (secondary N) is 3. The Morgan fingerprint density at radius 2 is 2.26 bits per heavy atom. The molecule has 0 aromatic carbocycles. The molecule has 0 aliphatic heterocycles. The van der Waals surface area contributed by atoms with Crippen molar-refractivity contribution in [3.63, 3.8) is 0 Å². The molecule has 3 aromatic heterocycles. The molecule has 0 radical (unpaired) electrons. The number of aromatic amines is 1. The van der Waals surface area contributed by atoms with Crippen molar-refractivity contribution in [3.8, 4) is 0 Å². The Hall–Kier alpha value is -2.61. The summed E-state index contributed by atoms with van der Waals surface area (Å²) in [4.78, 5) is 24.7. The van der Waals surface area contributed by atoms with Gasteiger partial charge in [0.15, 0.2) is 11.6 Å². The van der Waals surface area contributed by atoms with E-state index in [1.54, 1.807) is 18.2 Å². The minimum Gasteiger partial charge on any atom is -0.459 e. The highest BCUT2D eigenvalue weighted by Gasteiger charge is 2.17. The third kappa shape index (κ3) is 3.26. The number of unbranched alkanes of at least 4 members (excludes halogenated alkanes) is 1. The van der Waals surface area contributed by atoms with E-state index in [-0.39, 0.29) is 17.6 Å². The van der Waals surface area contributed by atoms with Crippen molar-refractivity contribution in [2.24, 2.45) is 0 Å². The van der Waals surface area contributed by atoms with Crippen LogP contribution in [0.2, 0.25) is 0 Å². The summed E-state index contributed by atoms with van der Waals surface area (Å²) >= 11 is 1.28. The van der Waals surface area contributed by atoms with Gasteiger partial charge >= 0.3 is 0 Å². The molecular weight excluding hydrogens is 316 g/mol. The lowest BCUT2D eigenvalue weighted by atomic mass is 10.3. The first kappa shape index (κ1) is 15.3. The molecule has 0 fully saturated rings. The summed E-state index contributed by atoms with van der Waals surface area (Å²) in [6.07, 6.45) is 3.40. The van der Waals surface area contributed by atoms with Crippen molar-refractivity contribution in [2.75, 3.05) is 11.9 Å². The van der Waals surface area contributed by atoms with Crippen LogP contribution in [0.4, 0.5) is 5.82 Å². The number of thiophene rings is 1. The van der Waals surface area contributed by atoms with Crippen LogP contribution in [0.1, 0.15) is 40.0 Å². The number of nitrogens with zero attached hydrogens (tertiary/aromatic N) is 1. The second-order valence-corrected chi connectivity index (χ2v) is 6.02. The number of rotatable bonds is 6. The standard InChI is InChI=1S/C15H16N4O3S/c1-2-3-6-16-15(21)11-8-9-12(23-11)13(19-18-9)17-14(20)10-5-4-7-22-10/h4-5,7-8H,2-3,6H2,1H3,(H,16,21)(H2,17,18,19,20). The molecule has 0 aliphatic carbocycles. The largest absolute Gasteiger partial charge is 0.459 e. The first-order chi connectivity index (χ1) is 11.2. The van der Waals surface area contributed by atoms with Crippen molar-refractivity contribution in [3.05, 3.63) is 35.1 Å². The Balaban J connectivity index is 1.75. The van der Waals surface area contributed by atoms with Gasteiger partial charge in [-0.3, -0.25) is 14.7 Å². The Bertz CT molecular complexity index is 819. The van der Waals surface area contributed by atoms with Gasteiger partial charge in [-0.05, 0) is 24.6 Å². The molecule has 0 unspecified atom stereocenters. The number of fused-ring (bicyclic) bond motifs is 1. The van der Waals surface area contributed by atoms with Crippen LogP contribution in [-0.4, -0.2) is 28.6 Å². The van der Waals surface area contributed by atoms with Gasteiger partial charge in [0, 0.05) is 6.54 Å². The molecule has 8 heteroatoms. The molecule has 0 saturated heterocycles. The molecule has 3 rings (SSSR count). The van der Waals surface area contributed by atoms with Crippen LogP contribution in [0, 0.1) is 0 Å². The SMILES string of the molecule is CCCCNC(=O)c1cc2[nH]nc(NC(=O)c3ccco3)c2s1. The first-order valence-corrected chi connectivity index (χ1v) is 8.11. The molecule has 0 spiro atoms. The molecule has 0 aliphatic rings. The maximum atomic E-state index is 12.1. The average Bonchev–Trinajstić information content (AvgIpc) is 3.25. The number of anilines is 1. The molecular formula is C15H16N4O3S. The van der Waals surface area contributed by atoms with Gasteiger partial charge in [0.1, 0.15) is 0 Å². The molecule has 3 N–H and O–H groups in total. The lowest BCUT2D eigenvalue weighted by molar-refractivity contribution is 0.0956. The van der Waals surface area contributed by atoms with Crippen LogP contribution in [0.25, 0.3) is 10.2 Å². The highest BCUT2D eigenvalue weighted by molar-refractivity contribution is 7.21. The lowest BCUT2D eigenvalue weighted by Gasteiger charge is -2.01. The maximum Gasteiger partial charge on any atom is 0.292 e. The van der Waals surface area contributed by atoms with Crippen LogP contribution in [0.3, 0.4) is 0 Å². The lowest BCUT2D eigenvalue weighted by Crippen LogP contribution is -2.23. The summed E-state index contributed by atoms with van der Waals surface area (Å²) in [6.45, 7) is 2.72. The third-order valence-electron chi connectivity index (χ3n) is 3.25. The van der Waals surface area contributed by atoms with E-state index in [1.165, 1.54) is 17.6 Å². The Morgan fingerprint density at radius 1 is 1.39 bits per heavy atom. The number of H-pyrrole nitrogens is 1. The van der Waals surface area contributed by atoms with Crippen LogP contribution in [0.5, 0.6) is 0 Å². The molecule has 7 nitrogen and oxygen atoms in total. The van der Waals surface area contributed by atoms with Crippen molar-refractivity contribution in [1.29, 1.82) is 0 Å². The minimum absolute atomic E-state index is 0.114. The molecule has 23 heavy (non-hydrogen) atoms. The summed E-state index contributed by atoms with van der Waals surface area (Å²) in [5, 5.41) is 12.4. The monoisotopic (exact) mass is 332 g/mol. The molecule has 0 bridgehead atoms. The van der Waals surface area contributed by atoms with E-state index in [0.29, 0.717) is 22.8 Å². The molecule has 0 saturated carbocycles.